The Morgan fingerprint density at radius 2 is 2.13 bits per heavy atom. The first kappa shape index (κ1) is 18.7. The lowest BCUT2D eigenvalue weighted by Gasteiger charge is -2.17. The number of carbonyl (C=O) groups is 2. The van der Waals surface area contributed by atoms with E-state index in [4.69, 9.17) is 13.9 Å². The van der Waals surface area contributed by atoms with Gasteiger partial charge in [0.05, 0.1) is 17.5 Å². The highest BCUT2D eigenvalue weighted by molar-refractivity contribution is 7.09. The lowest BCUT2D eigenvalue weighted by atomic mass is 10.1. The van der Waals surface area contributed by atoms with Crippen molar-refractivity contribution in [1.29, 1.82) is 0 Å². The van der Waals surface area contributed by atoms with E-state index < -0.39 is 5.92 Å². The third kappa shape index (κ3) is 3.52. The SMILES string of the molecule is Cc1nc(-c2ccc(CNC(=O)[C@@H]3CC(=O)N(c4ccc5c(c4)OCO5)C3)o2)cs1. The normalized spacial score (nSPS) is 17.6. The van der Waals surface area contributed by atoms with Crippen LogP contribution in [0.5, 0.6) is 11.5 Å². The second kappa shape index (κ2) is 7.49. The number of ether oxygens (including phenoxy) is 2. The zero-order valence-corrected chi connectivity index (χ0v) is 17.0. The molecule has 30 heavy (non-hydrogen) atoms. The van der Waals surface area contributed by atoms with Crippen molar-refractivity contribution in [2.24, 2.45) is 5.92 Å². The summed E-state index contributed by atoms with van der Waals surface area (Å²) in [5, 5.41) is 5.77. The lowest BCUT2D eigenvalue weighted by molar-refractivity contribution is -0.126. The summed E-state index contributed by atoms with van der Waals surface area (Å²) in [6, 6.07) is 9.01. The first-order chi connectivity index (χ1) is 14.6. The minimum absolute atomic E-state index is 0.0896. The predicted molar refractivity (Wildman–Crippen MR) is 109 cm³/mol. The Morgan fingerprint density at radius 3 is 2.97 bits per heavy atom. The Kier molecular flexibility index (Phi) is 4.66. The first-order valence-electron chi connectivity index (χ1n) is 9.56. The molecule has 1 fully saturated rings. The average molecular weight is 425 g/mol. The molecule has 2 aliphatic heterocycles. The molecule has 0 unspecified atom stereocenters. The van der Waals surface area contributed by atoms with Gasteiger partial charge in [-0.25, -0.2) is 4.98 Å². The minimum atomic E-state index is -0.418. The van der Waals surface area contributed by atoms with Gasteiger partial charge in [0.15, 0.2) is 17.3 Å². The maximum Gasteiger partial charge on any atom is 0.231 e. The van der Waals surface area contributed by atoms with Crippen LogP contribution in [0.3, 0.4) is 0 Å². The maximum atomic E-state index is 12.6. The summed E-state index contributed by atoms with van der Waals surface area (Å²) in [5.74, 6) is 1.90. The molecule has 0 radical (unpaired) electrons. The van der Waals surface area contributed by atoms with Crippen molar-refractivity contribution in [2.45, 2.75) is 19.9 Å². The Labute approximate surface area is 176 Å². The van der Waals surface area contributed by atoms with E-state index in [1.54, 1.807) is 34.4 Å². The number of thiazole rings is 1. The van der Waals surface area contributed by atoms with Crippen molar-refractivity contribution in [3.05, 3.63) is 46.5 Å². The van der Waals surface area contributed by atoms with Gasteiger partial charge < -0.3 is 24.1 Å². The minimum Gasteiger partial charge on any atom is -0.458 e. The molecule has 2 aromatic heterocycles. The highest BCUT2D eigenvalue weighted by atomic mass is 32.1. The number of fused-ring (bicyclic) bond motifs is 1. The van der Waals surface area contributed by atoms with Crippen LogP contribution in [-0.4, -0.2) is 30.1 Å². The molecule has 0 aliphatic carbocycles. The van der Waals surface area contributed by atoms with Crippen LogP contribution < -0.4 is 19.7 Å². The lowest BCUT2D eigenvalue weighted by Crippen LogP contribution is -2.32. The standard InChI is InChI=1S/C21H19N3O5S/c1-12-23-16(10-30-12)17-5-3-15(29-17)8-22-21(26)13-6-20(25)24(9-13)14-2-4-18-19(7-14)28-11-27-18/h2-5,7,10,13H,6,8-9,11H2,1H3,(H,22,26)/t13-/m1/s1. The summed E-state index contributed by atoms with van der Waals surface area (Å²) in [5.41, 5.74) is 1.49. The predicted octanol–water partition coefficient (Wildman–Crippen LogP) is 3.11. The molecule has 5 rings (SSSR count). The fourth-order valence-electron chi connectivity index (χ4n) is 3.59. The molecule has 4 heterocycles. The Balaban J connectivity index is 1.20. The number of aryl methyl sites for hydroxylation is 1. The van der Waals surface area contributed by atoms with Gasteiger partial charge in [-0.15, -0.1) is 11.3 Å². The van der Waals surface area contributed by atoms with E-state index in [1.165, 1.54) is 0 Å². The molecule has 0 bridgehead atoms. The fourth-order valence-corrected chi connectivity index (χ4v) is 4.19. The number of carbonyl (C=O) groups excluding carboxylic acids is 2. The molecule has 2 amide bonds. The summed E-state index contributed by atoms with van der Waals surface area (Å²) in [4.78, 5) is 31.1. The highest BCUT2D eigenvalue weighted by Gasteiger charge is 2.35. The zero-order chi connectivity index (χ0) is 20.7. The topological polar surface area (TPSA) is 93.9 Å². The van der Waals surface area contributed by atoms with Gasteiger partial charge in [-0.3, -0.25) is 9.59 Å². The van der Waals surface area contributed by atoms with Crippen LogP contribution in [0.1, 0.15) is 17.2 Å². The van der Waals surface area contributed by atoms with Crippen LogP contribution in [0.25, 0.3) is 11.5 Å². The largest absolute Gasteiger partial charge is 0.458 e. The monoisotopic (exact) mass is 425 g/mol. The Bertz CT molecular complexity index is 1120. The van der Waals surface area contributed by atoms with Crippen molar-refractivity contribution >= 4 is 28.8 Å². The third-order valence-corrected chi connectivity index (χ3v) is 5.91. The van der Waals surface area contributed by atoms with Crippen molar-refractivity contribution in [1.82, 2.24) is 10.3 Å². The van der Waals surface area contributed by atoms with E-state index in [0.29, 0.717) is 35.3 Å². The van der Waals surface area contributed by atoms with Gasteiger partial charge in [0.25, 0.3) is 0 Å². The summed E-state index contributed by atoms with van der Waals surface area (Å²) >= 11 is 1.56. The van der Waals surface area contributed by atoms with Gasteiger partial charge in [0.1, 0.15) is 11.5 Å². The molecule has 9 heteroatoms. The number of anilines is 1. The molecule has 0 saturated carbocycles. The van der Waals surface area contributed by atoms with E-state index in [2.05, 4.69) is 10.3 Å². The molecular formula is C21H19N3O5S. The van der Waals surface area contributed by atoms with Crippen molar-refractivity contribution in [3.63, 3.8) is 0 Å². The second-order valence-electron chi connectivity index (χ2n) is 7.18. The molecule has 1 atom stereocenters. The summed E-state index contributed by atoms with van der Waals surface area (Å²) in [6.07, 6.45) is 0.168. The molecule has 154 valence electrons. The first-order valence-corrected chi connectivity index (χ1v) is 10.4. The van der Waals surface area contributed by atoms with E-state index in [-0.39, 0.29) is 31.6 Å². The molecule has 8 nitrogen and oxygen atoms in total. The van der Waals surface area contributed by atoms with Gasteiger partial charge in [-0.2, -0.15) is 0 Å². The number of rotatable bonds is 5. The van der Waals surface area contributed by atoms with Crippen LogP contribution in [0, 0.1) is 12.8 Å². The average Bonchev–Trinajstić information content (AvgIpc) is 3.52. The van der Waals surface area contributed by atoms with Gasteiger partial charge in [0.2, 0.25) is 18.6 Å². The fraction of sp³-hybridized carbons (Fsp3) is 0.286. The van der Waals surface area contributed by atoms with Crippen molar-refractivity contribution < 1.29 is 23.5 Å². The molecule has 3 aromatic rings. The van der Waals surface area contributed by atoms with Gasteiger partial charge in [-0.1, -0.05) is 0 Å². The number of hydrogen-bond acceptors (Lipinski definition) is 7. The molecule has 1 aromatic carbocycles. The van der Waals surface area contributed by atoms with Crippen molar-refractivity contribution in [2.75, 3.05) is 18.2 Å². The quantitative estimate of drug-likeness (QED) is 0.675. The molecule has 2 aliphatic rings. The Morgan fingerprint density at radius 1 is 1.27 bits per heavy atom. The van der Waals surface area contributed by atoms with E-state index >= 15 is 0 Å². The smallest absolute Gasteiger partial charge is 0.231 e. The number of amides is 2. The number of benzene rings is 1. The van der Waals surface area contributed by atoms with Crippen LogP contribution in [-0.2, 0) is 16.1 Å². The molecular weight excluding hydrogens is 406 g/mol. The molecule has 0 spiro atoms. The third-order valence-electron chi connectivity index (χ3n) is 5.13. The van der Waals surface area contributed by atoms with E-state index in [1.807, 2.05) is 24.4 Å². The van der Waals surface area contributed by atoms with E-state index in [0.717, 1.165) is 10.7 Å². The maximum absolute atomic E-state index is 12.6. The number of hydrogen-bond donors (Lipinski definition) is 1. The molecule has 1 saturated heterocycles. The van der Waals surface area contributed by atoms with E-state index in [9.17, 15) is 9.59 Å². The summed E-state index contributed by atoms with van der Waals surface area (Å²) < 4.78 is 16.5. The second-order valence-corrected chi connectivity index (χ2v) is 8.24. The van der Waals surface area contributed by atoms with Gasteiger partial charge >= 0.3 is 0 Å². The van der Waals surface area contributed by atoms with Crippen LogP contribution in [0.2, 0.25) is 0 Å². The zero-order valence-electron chi connectivity index (χ0n) is 16.2. The number of aromatic nitrogens is 1. The van der Waals surface area contributed by atoms with Crippen molar-refractivity contribution in [3.8, 4) is 23.0 Å². The van der Waals surface area contributed by atoms with Crippen LogP contribution in [0.15, 0.2) is 40.1 Å². The Hall–Kier alpha value is -3.33. The van der Waals surface area contributed by atoms with Gasteiger partial charge in [-0.05, 0) is 31.2 Å². The number of furan rings is 1. The number of nitrogens with one attached hydrogen (secondary N) is 1. The summed E-state index contributed by atoms with van der Waals surface area (Å²) in [7, 11) is 0. The number of nitrogens with zero attached hydrogens (tertiary/aromatic N) is 2. The highest BCUT2D eigenvalue weighted by Crippen LogP contribution is 2.37. The van der Waals surface area contributed by atoms with Gasteiger partial charge in [0, 0.05) is 30.1 Å². The molecule has 1 N–H and O–H groups in total. The van der Waals surface area contributed by atoms with Crippen LogP contribution >= 0.6 is 11.3 Å². The summed E-state index contributed by atoms with van der Waals surface area (Å²) in [6.45, 7) is 2.70. The van der Waals surface area contributed by atoms with Crippen LogP contribution in [0.4, 0.5) is 5.69 Å².